The number of nitrogens with one attached hydrogen (secondary N) is 2. The number of benzene rings is 2. The van der Waals surface area contributed by atoms with Gasteiger partial charge in [0.1, 0.15) is 6.07 Å². The van der Waals surface area contributed by atoms with E-state index in [4.69, 9.17) is 5.26 Å². The lowest BCUT2D eigenvalue weighted by Gasteiger charge is -2.07. The maximum absolute atomic E-state index is 12.3. The molecule has 1 saturated carbocycles. The fraction of sp³-hybridized carbons (Fsp3) is 0.250. The summed E-state index contributed by atoms with van der Waals surface area (Å²) < 4.78 is 0. The third-order valence-corrected chi connectivity index (χ3v) is 4.36. The van der Waals surface area contributed by atoms with Crippen LogP contribution >= 0.6 is 0 Å². The van der Waals surface area contributed by atoms with E-state index in [1.165, 1.54) is 5.56 Å². The molecule has 2 N–H and O–H groups in total. The van der Waals surface area contributed by atoms with Crippen LogP contribution in [0.5, 0.6) is 0 Å². The number of hydrogen-bond acceptors (Lipinski definition) is 3. The Balaban J connectivity index is 1.51. The predicted molar refractivity (Wildman–Crippen MR) is 94.4 cm³/mol. The second-order valence-corrected chi connectivity index (χ2v) is 6.30. The van der Waals surface area contributed by atoms with Gasteiger partial charge < -0.3 is 10.6 Å². The van der Waals surface area contributed by atoms with Crippen LogP contribution < -0.4 is 10.6 Å². The van der Waals surface area contributed by atoms with Gasteiger partial charge in [0.25, 0.3) is 0 Å². The standard InChI is InChI=1S/C20H19N3O2/c1-13-6-8-14(9-7-13)12-22-19(24)16-10-17(16)20(25)23-18-5-3-2-4-15(18)11-21/h2-9,16-17H,10,12H2,1H3,(H,22,24)(H,23,25). The molecule has 1 fully saturated rings. The van der Waals surface area contributed by atoms with Crippen molar-refractivity contribution < 1.29 is 9.59 Å². The minimum absolute atomic E-state index is 0.103. The van der Waals surface area contributed by atoms with E-state index in [0.29, 0.717) is 24.2 Å². The van der Waals surface area contributed by atoms with E-state index in [0.717, 1.165) is 5.56 Å². The van der Waals surface area contributed by atoms with Gasteiger partial charge in [-0.1, -0.05) is 42.0 Å². The predicted octanol–water partition coefficient (Wildman–Crippen LogP) is 2.76. The molecule has 0 heterocycles. The van der Waals surface area contributed by atoms with Gasteiger partial charge in [0, 0.05) is 6.54 Å². The lowest BCUT2D eigenvalue weighted by molar-refractivity contribution is -0.125. The van der Waals surface area contributed by atoms with E-state index >= 15 is 0 Å². The molecule has 1 aliphatic carbocycles. The highest BCUT2D eigenvalue weighted by molar-refractivity contribution is 6.00. The maximum atomic E-state index is 12.3. The van der Waals surface area contributed by atoms with Crippen LogP contribution in [0, 0.1) is 30.1 Å². The van der Waals surface area contributed by atoms with Crippen molar-refractivity contribution in [2.45, 2.75) is 19.9 Å². The summed E-state index contributed by atoms with van der Waals surface area (Å²) in [6.07, 6.45) is 0.542. The van der Waals surface area contributed by atoms with E-state index in [-0.39, 0.29) is 23.7 Å². The van der Waals surface area contributed by atoms with Crippen LogP contribution in [0.25, 0.3) is 0 Å². The lowest BCUT2D eigenvalue weighted by atomic mass is 10.1. The van der Waals surface area contributed by atoms with Gasteiger partial charge in [0.2, 0.25) is 11.8 Å². The molecule has 0 saturated heterocycles. The number of nitrogens with zero attached hydrogens (tertiary/aromatic N) is 1. The molecule has 2 unspecified atom stereocenters. The third kappa shape index (κ3) is 4.04. The van der Waals surface area contributed by atoms with Gasteiger partial charge >= 0.3 is 0 Å². The fourth-order valence-corrected chi connectivity index (χ4v) is 2.72. The van der Waals surface area contributed by atoms with Crippen LogP contribution in [0.15, 0.2) is 48.5 Å². The Labute approximate surface area is 146 Å². The molecule has 2 aromatic rings. The summed E-state index contributed by atoms with van der Waals surface area (Å²) in [4.78, 5) is 24.5. The highest BCUT2D eigenvalue weighted by atomic mass is 16.2. The quantitative estimate of drug-likeness (QED) is 0.882. The van der Waals surface area contributed by atoms with Crippen LogP contribution in [0.4, 0.5) is 5.69 Å². The highest BCUT2D eigenvalue weighted by Crippen LogP contribution is 2.39. The second-order valence-electron chi connectivity index (χ2n) is 6.30. The van der Waals surface area contributed by atoms with E-state index in [9.17, 15) is 9.59 Å². The highest BCUT2D eigenvalue weighted by Gasteiger charge is 2.48. The Hall–Kier alpha value is -3.13. The molecule has 0 spiro atoms. The number of carbonyl (C=O) groups excluding carboxylic acids is 2. The molecule has 5 nitrogen and oxygen atoms in total. The Morgan fingerprint density at radius 1 is 1.08 bits per heavy atom. The molecule has 3 rings (SSSR count). The third-order valence-electron chi connectivity index (χ3n) is 4.36. The zero-order valence-electron chi connectivity index (χ0n) is 14.0. The van der Waals surface area contributed by atoms with Crippen molar-refractivity contribution in [1.29, 1.82) is 5.26 Å². The van der Waals surface area contributed by atoms with E-state index in [1.54, 1.807) is 24.3 Å². The molecule has 0 bridgehead atoms. The maximum Gasteiger partial charge on any atom is 0.228 e. The Kier molecular flexibility index (Phi) is 4.80. The number of nitriles is 1. The van der Waals surface area contributed by atoms with Crippen LogP contribution in [0.2, 0.25) is 0 Å². The molecular weight excluding hydrogens is 314 g/mol. The second kappa shape index (κ2) is 7.18. The van der Waals surface area contributed by atoms with Crippen molar-refractivity contribution in [2.75, 3.05) is 5.32 Å². The molecule has 0 radical (unpaired) electrons. The van der Waals surface area contributed by atoms with E-state index in [2.05, 4.69) is 10.6 Å². The summed E-state index contributed by atoms with van der Waals surface area (Å²) in [6, 6.07) is 16.8. The number of amides is 2. The topological polar surface area (TPSA) is 82.0 Å². The monoisotopic (exact) mass is 333 g/mol. The summed E-state index contributed by atoms with van der Waals surface area (Å²) in [5.41, 5.74) is 3.10. The van der Waals surface area contributed by atoms with Crippen LogP contribution in [-0.2, 0) is 16.1 Å². The average Bonchev–Trinajstić information content (AvgIpc) is 3.42. The number of anilines is 1. The first-order valence-corrected chi connectivity index (χ1v) is 8.21. The van der Waals surface area contributed by atoms with E-state index in [1.807, 2.05) is 37.3 Å². The normalized spacial score (nSPS) is 18.1. The summed E-state index contributed by atoms with van der Waals surface area (Å²) in [5, 5.41) is 14.7. The van der Waals surface area contributed by atoms with Gasteiger partial charge in [-0.25, -0.2) is 0 Å². The van der Waals surface area contributed by atoms with Gasteiger partial charge in [0.05, 0.1) is 23.1 Å². The van der Waals surface area contributed by atoms with Crippen LogP contribution in [-0.4, -0.2) is 11.8 Å². The number of para-hydroxylation sites is 1. The van der Waals surface area contributed by atoms with Crippen molar-refractivity contribution in [3.63, 3.8) is 0 Å². The van der Waals surface area contributed by atoms with Crippen LogP contribution in [0.3, 0.4) is 0 Å². The molecule has 2 amide bonds. The lowest BCUT2D eigenvalue weighted by Crippen LogP contribution is -2.27. The molecule has 0 aromatic heterocycles. The van der Waals surface area contributed by atoms with Crippen molar-refractivity contribution in [3.05, 3.63) is 65.2 Å². The van der Waals surface area contributed by atoms with Gasteiger partial charge in [0.15, 0.2) is 0 Å². The van der Waals surface area contributed by atoms with Gasteiger partial charge in [-0.05, 0) is 31.0 Å². The number of rotatable bonds is 5. The smallest absolute Gasteiger partial charge is 0.228 e. The zero-order chi connectivity index (χ0) is 17.8. The minimum Gasteiger partial charge on any atom is -0.352 e. The Bertz CT molecular complexity index is 837. The summed E-state index contributed by atoms with van der Waals surface area (Å²) in [5.74, 6) is -0.933. The summed E-state index contributed by atoms with van der Waals surface area (Å²) >= 11 is 0. The molecule has 2 atom stereocenters. The van der Waals surface area contributed by atoms with Gasteiger partial charge in [-0.2, -0.15) is 5.26 Å². The van der Waals surface area contributed by atoms with Crippen molar-refractivity contribution in [1.82, 2.24) is 5.32 Å². The summed E-state index contributed by atoms with van der Waals surface area (Å²) in [6.45, 7) is 2.47. The fourth-order valence-electron chi connectivity index (χ4n) is 2.72. The number of aryl methyl sites for hydroxylation is 1. The molecule has 25 heavy (non-hydrogen) atoms. The molecule has 0 aliphatic heterocycles. The van der Waals surface area contributed by atoms with E-state index < -0.39 is 0 Å². The largest absolute Gasteiger partial charge is 0.352 e. The number of carbonyl (C=O) groups is 2. The molecule has 1 aliphatic rings. The zero-order valence-corrected chi connectivity index (χ0v) is 14.0. The summed E-state index contributed by atoms with van der Waals surface area (Å²) in [7, 11) is 0. The van der Waals surface area contributed by atoms with Crippen molar-refractivity contribution in [3.8, 4) is 6.07 Å². The molecule has 126 valence electrons. The van der Waals surface area contributed by atoms with Crippen molar-refractivity contribution >= 4 is 17.5 Å². The Morgan fingerprint density at radius 3 is 2.48 bits per heavy atom. The Morgan fingerprint density at radius 2 is 1.76 bits per heavy atom. The molecular formula is C20H19N3O2. The molecule has 5 heteroatoms. The first kappa shape index (κ1) is 16.7. The molecule has 2 aromatic carbocycles. The SMILES string of the molecule is Cc1ccc(CNC(=O)C2CC2C(=O)Nc2ccccc2C#N)cc1. The van der Waals surface area contributed by atoms with Crippen molar-refractivity contribution in [2.24, 2.45) is 11.8 Å². The number of hydrogen-bond donors (Lipinski definition) is 2. The first-order valence-electron chi connectivity index (χ1n) is 8.21. The average molecular weight is 333 g/mol. The minimum atomic E-state index is -0.329. The van der Waals surface area contributed by atoms with Crippen LogP contribution in [0.1, 0.15) is 23.1 Å². The first-order chi connectivity index (χ1) is 12.1. The van der Waals surface area contributed by atoms with Gasteiger partial charge in [-0.15, -0.1) is 0 Å². The van der Waals surface area contributed by atoms with Gasteiger partial charge in [-0.3, -0.25) is 9.59 Å².